The van der Waals surface area contributed by atoms with Gasteiger partial charge in [0, 0.05) is 13.0 Å². The lowest BCUT2D eigenvalue weighted by atomic mass is 10.1. The number of alkyl halides is 1. The van der Waals surface area contributed by atoms with E-state index in [4.69, 9.17) is 16.3 Å². The standard InChI is InChI=1S/C12H15ClFNO2/c1-8-3-4-11(14)10(5-8)12(16)15-9(6-13)7-17-2/h3-5,9H,6-7H2,1-2H3,(H,15,16). The number of methoxy groups -OCH3 is 1. The van der Waals surface area contributed by atoms with Gasteiger partial charge in [-0.05, 0) is 19.1 Å². The Morgan fingerprint density at radius 3 is 2.88 bits per heavy atom. The molecule has 3 nitrogen and oxygen atoms in total. The normalized spacial score (nSPS) is 12.2. The molecule has 1 N–H and O–H groups in total. The number of aryl methyl sites for hydroxylation is 1. The molecule has 1 aromatic rings. The molecular weight excluding hydrogens is 245 g/mol. The SMILES string of the molecule is COCC(CCl)NC(=O)c1cc(C)ccc1F. The van der Waals surface area contributed by atoms with Crippen LogP contribution in [0.25, 0.3) is 0 Å². The summed E-state index contributed by atoms with van der Waals surface area (Å²) in [6.45, 7) is 2.09. The van der Waals surface area contributed by atoms with E-state index >= 15 is 0 Å². The number of carbonyl (C=O) groups is 1. The Labute approximate surface area is 105 Å². The summed E-state index contributed by atoms with van der Waals surface area (Å²) in [6, 6.07) is 4.06. The van der Waals surface area contributed by atoms with Gasteiger partial charge in [-0.25, -0.2) is 4.39 Å². The molecule has 0 fully saturated rings. The van der Waals surface area contributed by atoms with E-state index in [0.717, 1.165) is 5.56 Å². The highest BCUT2D eigenvalue weighted by atomic mass is 35.5. The van der Waals surface area contributed by atoms with E-state index in [1.165, 1.54) is 19.2 Å². The number of hydrogen-bond acceptors (Lipinski definition) is 2. The quantitative estimate of drug-likeness (QED) is 0.823. The molecule has 0 spiro atoms. The number of hydrogen-bond donors (Lipinski definition) is 1. The van der Waals surface area contributed by atoms with Gasteiger partial charge in [-0.2, -0.15) is 0 Å². The van der Waals surface area contributed by atoms with Crippen molar-refractivity contribution in [3.8, 4) is 0 Å². The molecule has 0 aromatic heterocycles. The fourth-order valence-corrected chi connectivity index (χ4v) is 1.57. The zero-order valence-electron chi connectivity index (χ0n) is 9.80. The lowest BCUT2D eigenvalue weighted by molar-refractivity contribution is 0.0902. The third-order valence-electron chi connectivity index (χ3n) is 2.26. The zero-order valence-corrected chi connectivity index (χ0v) is 10.6. The van der Waals surface area contributed by atoms with Crippen LogP contribution in [0.3, 0.4) is 0 Å². The maximum Gasteiger partial charge on any atom is 0.254 e. The van der Waals surface area contributed by atoms with Crippen molar-refractivity contribution < 1.29 is 13.9 Å². The molecule has 0 saturated carbocycles. The highest BCUT2D eigenvalue weighted by molar-refractivity contribution is 6.18. The predicted molar refractivity (Wildman–Crippen MR) is 65.0 cm³/mol. The smallest absolute Gasteiger partial charge is 0.254 e. The first kappa shape index (κ1) is 13.9. The van der Waals surface area contributed by atoms with E-state index in [1.807, 2.05) is 0 Å². The average Bonchev–Trinajstić information content (AvgIpc) is 2.31. The second-order valence-corrected chi connectivity index (χ2v) is 4.07. The summed E-state index contributed by atoms with van der Waals surface area (Å²) in [5, 5.41) is 2.62. The van der Waals surface area contributed by atoms with E-state index in [9.17, 15) is 9.18 Å². The fraction of sp³-hybridized carbons (Fsp3) is 0.417. The van der Waals surface area contributed by atoms with Gasteiger partial charge in [0.05, 0.1) is 18.2 Å². The van der Waals surface area contributed by atoms with Crippen LogP contribution >= 0.6 is 11.6 Å². The molecule has 0 aliphatic heterocycles. The summed E-state index contributed by atoms with van der Waals surface area (Å²) in [4.78, 5) is 11.8. The zero-order chi connectivity index (χ0) is 12.8. The summed E-state index contributed by atoms with van der Waals surface area (Å²) in [5.74, 6) is -0.805. The first-order valence-corrected chi connectivity index (χ1v) is 5.74. The van der Waals surface area contributed by atoms with E-state index in [-0.39, 0.29) is 17.5 Å². The van der Waals surface area contributed by atoms with Gasteiger partial charge >= 0.3 is 0 Å². The number of nitrogens with one attached hydrogen (secondary N) is 1. The Balaban J connectivity index is 2.78. The topological polar surface area (TPSA) is 38.3 Å². The van der Waals surface area contributed by atoms with Crippen molar-refractivity contribution in [2.45, 2.75) is 13.0 Å². The van der Waals surface area contributed by atoms with Crippen LogP contribution in [0.2, 0.25) is 0 Å². The third kappa shape index (κ3) is 3.98. The Morgan fingerprint density at radius 2 is 2.29 bits per heavy atom. The van der Waals surface area contributed by atoms with Crippen molar-refractivity contribution in [3.63, 3.8) is 0 Å². The third-order valence-corrected chi connectivity index (χ3v) is 2.63. The van der Waals surface area contributed by atoms with Crippen molar-refractivity contribution in [3.05, 3.63) is 35.1 Å². The summed E-state index contributed by atoms with van der Waals surface area (Å²) in [7, 11) is 1.51. The van der Waals surface area contributed by atoms with E-state index < -0.39 is 11.7 Å². The van der Waals surface area contributed by atoms with Crippen LogP contribution in [0, 0.1) is 12.7 Å². The van der Waals surface area contributed by atoms with Gasteiger partial charge < -0.3 is 10.1 Å². The van der Waals surface area contributed by atoms with Gasteiger partial charge in [-0.3, -0.25) is 4.79 Å². The molecule has 1 atom stereocenters. The molecule has 5 heteroatoms. The second kappa shape index (κ2) is 6.57. The average molecular weight is 260 g/mol. The number of ether oxygens (including phenoxy) is 1. The first-order valence-electron chi connectivity index (χ1n) is 5.20. The van der Waals surface area contributed by atoms with Crippen LogP contribution in [-0.4, -0.2) is 31.5 Å². The number of carbonyl (C=O) groups excluding carboxylic acids is 1. The van der Waals surface area contributed by atoms with Gasteiger partial charge in [0.1, 0.15) is 5.82 Å². The van der Waals surface area contributed by atoms with Gasteiger partial charge in [-0.1, -0.05) is 11.6 Å². The lowest BCUT2D eigenvalue weighted by Gasteiger charge is -2.15. The van der Waals surface area contributed by atoms with Crippen LogP contribution in [0.1, 0.15) is 15.9 Å². The molecule has 0 aliphatic rings. The highest BCUT2D eigenvalue weighted by Gasteiger charge is 2.16. The molecule has 0 saturated heterocycles. The van der Waals surface area contributed by atoms with Crippen LogP contribution in [0.5, 0.6) is 0 Å². The first-order chi connectivity index (χ1) is 8.08. The van der Waals surface area contributed by atoms with Gasteiger partial charge in [-0.15, -0.1) is 11.6 Å². The molecule has 94 valence electrons. The monoisotopic (exact) mass is 259 g/mol. The molecule has 0 aliphatic carbocycles. The second-order valence-electron chi connectivity index (χ2n) is 3.76. The predicted octanol–water partition coefficient (Wildman–Crippen LogP) is 2.12. The molecule has 1 aromatic carbocycles. The summed E-state index contributed by atoms with van der Waals surface area (Å²) in [6.07, 6.45) is 0. The molecule has 17 heavy (non-hydrogen) atoms. The highest BCUT2D eigenvalue weighted by Crippen LogP contribution is 2.10. The van der Waals surface area contributed by atoms with Crippen LogP contribution in [0.4, 0.5) is 4.39 Å². The number of halogens is 2. The van der Waals surface area contributed by atoms with E-state index in [2.05, 4.69) is 5.32 Å². The molecule has 1 amide bonds. The maximum atomic E-state index is 13.4. The minimum absolute atomic E-state index is 0.0243. The van der Waals surface area contributed by atoms with Gasteiger partial charge in [0.25, 0.3) is 5.91 Å². The largest absolute Gasteiger partial charge is 0.383 e. The molecule has 0 heterocycles. The number of benzene rings is 1. The van der Waals surface area contributed by atoms with Crippen LogP contribution in [0.15, 0.2) is 18.2 Å². The van der Waals surface area contributed by atoms with Crippen molar-refractivity contribution in [2.24, 2.45) is 0 Å². The summed E-state index contributed by atoms with van der Waals surface area (Å²) >= 11 is 5.66. The number of amides is 1. The van der Waals surface area contributed by atoms with Crippen molar-refractivity contribution >= 4 is 17.5 Å². The Morgan fingerprint density at radius 1 is 1.59 bits per heavy atom. The summed E-state index contributed by atoms with van der Waals surface area (Å²) < 4.78 is 18.3. The Kier molecular flexibility index (Phi) is 5.38. The lowest BCUT2D eigenvalue weighted by Crippen LogP contribution is -2.39. The van der Waals surface area contributed by atoms with Crippen LogP contribution in [-0.2, 0) is 4.74 Å². The molecule has 1 rings (SSSR count). The summed E-state index contributed by atoms with van der Waals surface area (Å²) in [5.41, 5.74) is 0.849. The van der Waals surface area contributed by atoms with Crippen molar-refractivity contribution in [2.75, 3.05) is 19.6 Å². The fourth-order valence-electron chi connectivity index (χ4n) is 1.40. The molecular formula is C12H15ClFNO2. The number of rotatable bonds is 5. The minimum Gasteiger partial charge on any atom is -0.383 e. The van der Waals surface area contributed by atoms with E-state index in [1.54, 1.807) is 13.0 Å². The van der Waals surface area contributed by atoms with Gasteiger partial charge in [0.15, 0.2) is 0 Å². The maximum absolute atomic E-state index is 13.4. The Bertz CT molecular complexity index is 398. The van der Waals surface area contributed by atoms with Gasteiger partial charge in [0.2, 0.25) is 0 Å². The molecule has 1 unspecified atom stereocenters. The van der Waals surface area contributed by atoms with E-state index in [0.29, 0.717) is 6.61 Å². The van der Waals surface area contributed by atoms with Crippen molar-refractivity contribution in [1.29, 1.82) is 0 Å². The Hall–Kier alpha value is -1.13. The van der Waals surface area contributed by atoms with Crippen LogP contribution < -0.4 is 5.32 Å². The molecule has 0 radical (unpaired) electrons. The van der Waals surface area contributed by atoms with Crippen molar-refractivity contribution in [1.82, 2.24) is 5.32 Å². The molecule has 0 bridgehead atoms. The minimum atomic E-state index is -0.543.